The van der Waals surface area contributed by atoms with Crippen molar-refractivity contribution in [3.63, 3.8) is 0 Å². The third-order valence-electron chi connectivity index (χ3n) is 6.81. The summed E-state index contributed by atoms with van der Waals surface area (Å²) in [6.45, 7) is 4.55. The van der Waals surface area contributed by atoms with Crippen LogP contribution in [0.2, 0.25) is 0 Å². The van der Waals surface area contributed by atoms with Gasteiger partial charge in [0.2, 0.25) is 0 Å². The molecule has 7 nitrogen and oxygen atoms in total. The maximum Gasteiger partial charge on any atom is 0.336 e. The fraction of sp³-hybridized carbons (Fsp3) is 0.212. The highest BCUT2D eigenvalue weighted by Crippen LogP contribution is 2.35. The predicted molar refractivity (Wildman–Crippen MR) is 153 cm³/mol. The fourth-order valence-electron chi connectivity index (χ4n) is 4.95. The Hall–Kier alpha value is -4.78. The minimum absolute atomic E-state index is 0.00763. The van der Waals surface area contributed by atoms with Gasteiger partial charge in [0.25, 0.3) is 12.4 Å². The molecule has 4 rings (SSSR count). The number of Topliss-reactive ketones (excluding diaryl/α,β-unsaturated/α-hetero) is 1. The van der Waals surface area contributed by atoms with E-state index in [1.165, 1.54) is 24.3 Å². The number of fused-ring (bicyclic) bond motifs is 1. The number of aryl methyl sites for hydroxylation is 3. The molecule has 2 N–H and O–H groups in total. The Kier molecular flexibility index (Phi) is 9.07. The van der Waals surface area contributed by atoms with Crippen molar-refractivity contribution >= 4 is 34.9 Å². The Balaban J connectivity index is 1.66. The zero-order valence-corrected chi connectivity index (χ0v) is 22.5. The number of benzene rings is 4. The average molecular weight is 538 g/mol. The molecule has 4 aromatic rings. The lowest BCUT2D eigenvalue weighted by Gasteiger charge is -2.16. The monoisotopic (exact) mass is 537 g/mol. The van der Waals surface area contributed by atoms with Crippen molar-refractivity contribution in [2.24, 2.45) is 0 Å². The average Bonchev–Trinajstić information content (AvgIpc) is 2.92. The predicted octanol–water partition coefficient (Wildman–Crippen LogP) is 5.87. The Labute approximate surface area is 232 Å². The summed E-state index contributed by atoms with van der Waals surface area (Å²) < 4.78 is 5.15. The Morgan fingerprint density at radius 1 is 0.800 bits per heavy atom. The number of amides is 1. The number of hydrogen-bond donors (Lipinski definition) is 2. The second-order valence-electron chi connectivity index (χ2n) is 9.80. The first-order chi connectivity index (χ1) is 19.3. The van der Waals surface area contributed by atoms with Crippen LogP contribution in [0.3, 0.4) is 0 Å². The summed E-state index contributed by atoms with van der Waals surface area (Å²) in [7, 11) is 0. The van der Waals surface area contributed by atoms with E-state index >= 15 is 0 Å². The van der Waals surface area contributed by atoms with E-state index in [4.69, 9.17) is 4.74 Å². The number of aromatic carboxylic acids is 1. The molecular weight excluding hydrogens is 506 g/mol. The molecule has 7 heteroatoms. The van der Waals surface area contributed by atoms with Gasteiger partial charge in [-0.2, -0.15) is 0 Å². The van der Waals surface area contributed by atoms with Gasteiger partial charge in [-0.05, 0) is 68.5 Å². The summed E-state index contributed by atoms with van der Waals surface area (Å²) in [6, 6.07) is 21.6. The highest BCUT2D eigenvalue weighted by atomic mass is 16.5. The van der Waals surface area contributed by atoms with Gasteiger partial charge in [-0.3, -0.25) is 14.4 Å². The van der Waals surface area contributed by atoms with Gasteiger partial charge in [0.15, 0.2) is 5.78 Å². The van der Waals surface area contributed by atoms with Crippen molar-refractivity contribution in [2.45, 2.75) is 39.5 Å². The smallest absolute Gasteiger partial charge is 0.336 e. The molecule has 1 amide bonds. The normalized spacial score (nSPS) is 10.8. The van der Waals surface area contributed by atoms with Crippen molar-refractivity contribution in [3.8, 4) is 5.75 Å². The van der Waals surface area contributed by atoms with Crippen LogP contribution in [0.5, 0.6) is 5.75 Å². The maximum atomic E-state index is 13.4. The van der Waals surface area contributed by atoms with E-state index in [0.717, 1.165) is 22.3 Å². The van der Waals surface area contributed by atoms with Gasteiger partial charge in [-0.1, -0.05) is 59.7 Å². The molecule has 40 heavy (non-hydrogen) atoms. The summed E-state index contributed by atoms with van der Waals surface area (Å²) >= 11 is 0. The number of nitrogens with one attached hydrogen (secondary N) is 1. The molecule has 0 spiro atoms. The Bertz CT molecular complexity index is 1590. The van der Waals surface area contributed by atoms with Crippen LogP contribution < -0.4 is 10.1 Å². The highest BCUT2D eigenvalue weighted by Gasteiger charge is 2.24. The first kappa shape index (κ1) is 28.2. The quantitative estimate of drug-likeness (QED) is 0.173. The second-order valence-corrected chi connectivity index (χ2v) is 9.80. The van der Waals surface area contributed by atoms with E-state index in [-0.39, 0.29) is 51.9 Å². The molecule has 0 saturated heterocycles. The minimum Gasteiger partial charge on any atom is -0.478 e. The van der Waals surface area contributed by atoms with Crippen LogP contribution in [0.1, 0.15) is 66.2 Å². The molecule has 0 radical (unpaired) electrons. The third-order valence-corrected chi connectivity index (χ3v) is 6.81. The van der Waals surface area contributed by atoms with Gasteiger partial charge in [0.05, 0.1) is 11.1 Å². The maximum absolute atomic E-state index is 13.4. The molecule has 0 bridgehead atoms. The SMILES string of the molecule is Cc1cccc(CCCC(=O)c2ccc(OC=O)c3c(C(=O)NCCc4cccc(C)c4)ccc(C(=O)O)c23)c1. The second kappa shape index (κ2) is 12.8. The zero-order chi connectivity index (χ0) is 28.6. The summed E-state index contributed by atoms with van der Waals surface area (Å²) in [5.74, 6) is -1.97. The summed E-state index contributed by atoms with van der Waals surface area (Å²) in [4.78, 5) is 50.2. The molecule has 0 unspecified atom stereocenters. The standard InChI is InChI=1S/C33H31NO6/c1-21-6-3-8-23(18-21)10-5-11-28(36)25-14-15-29(40-20-35)31-26(12-13-27(30(25)31)33(38)39)32(37)34-17-16-24-9-4-7-22(2)19-24/h3-4,6-9,12-15,18-20H,5,10-11,16-17H2,1-2H3,(H,34,37)(H,38,39). The lowest BCUT2D eigenvalue weighted by atomic mass is 9.91. The largest absolute Gasteiger partial charge is 0.478 e. The Morgan fingerprint density at radius 2 is 1.43 bits per heavy atom. The van der Waals surface area contributed by atoms with Gasteiger partial charge < -0.3 is 15.2 Å². The first-order valence-corrected chi connectivity index (χ1v) is 13.1. The van der Waals surface area contributed by atoms with E-state index < -0.39 is 11.9 Å². The zero-order valence-electron chi connectivity index (χ0n) is 22.5. The van der Waals surface area contributed by atoms with Crippen molar-refractivity contribution in [2.75, 3.05) is 6.54 Å². The van der Waals surface area contributed by atoms with Crippen LogP contribution >= 0.6 is 0 Å². The lowest BCUT2D eigenvalue weighted by Crippen LogP contribution is -2.26. The number of ketones is 1. The van der Waals surface area contributed by atoms with Gasteiger partial charge in [-0.25, -0.2) is 4.79 Å². The molecule has 0 heterocycles. The van der Waals surface area contributed by atoms with E-state index in [2.05, 4.69) is 11.4 Å². The molecule has 0 aromatic heterocycles. The van der Waals surface area contributed by atoms with E-state index in [0.29, 0.717) is 25.8 Å². The van der Waals surface area contributed by atoms with Crippen LogP contribution in [-0.2, 0) is 17.6 Å². The summed E-state index contributed by atoms with van der Waals surface area (Å²) in [5, 5.41) is 13.0. The van der Waals surface area contributed by atoms with Crippen molar-refractivity contribution in [1.29, 1.82) is 0 Å². The van der Waals surface area contributed by atoms with E-state index in [9.17, 15) is 24.3 Å². The number of carboxylic acids is 1. The number of carbonyl (C=O) groups is 4. The molecule has 4 aromatic carbocycles. The van der Waals surface area contributed by atoms with E-state index in [1.807, 2.05) is 56.3 Å². The van der Waals surface area contributed by atoms with Crippen LogP contribution in [0.25, 0.3) is 10.8 Å². The fourth-order valence-corrected chi connectivity index (χ4v) is 4.95. The number of ether oxygens (including phenoxy) is 1. The number of hydrogen-bond acceptors (Lipinski definition) is 5. The van der Waals surface area contributed by atoms with Gasteiger partial charge in [0.1, 0.15) is 5.75 Å². The topological polar surface area (TPSA) is 110 Å². The number of rotatable bonds is 12. The first-order valence-electron chi connectivity index (χ1n) is 13.1. The molecule has 0 aliphatic carbocycles. The Morgan fingerprint density at radius 3 is 2.05 bits per heavy atom. The number of carbonyl (C=O) groups excluding carboxylic acids is 3. The van der Waals surface area contributed by atoms with E-state index in [1.54, 1.807) is 0 Å². The van der Waals surface area contributed by atoms with Crippen LogP contribution in [0, 0.1) is 13.8 Å². The van der Waals surface area contributed by atoms with Crippen LogP contribution in [0.15, 0.2) is 72.8 Å². The third kappa shape index (κ3) is 6.61. The van der Waals surface area contributed by atoms with Gasteiger partial charge >= 0.3 is 5.97 Å². The number of carboxylic acid groups (broad SMARTS) is 1. The summed E-state index contributed by atoms with van der Waals surface area (Å²) in [5.41, 5.74) is 4.57. The van der Waals surface area contributed by atoms with Gasteiger partial charge in [0, 0.05) is 29.3 Å². The molecule has 0 aliphatic heterocycles. The summed E-state index contributed by atoms with van der Waals surface area (Å²) in [6.07, 6.45) is 2.04. The van der Waals surface area contributed by atoms with Crippen LogP contribution in [0.4, 0.5) is 0 Å². The lowest BCUT2D eigenvalue weighted by molar-refractivity contribution is -0.120. The molecule has 204 valence electrons. The highest BCUT2D eigenvalue weighted by molar-refractivity contribution is 6.21. The molecule has 0 saturated carbocycles. The van der Waals surface area contributed by atoms with Crippen LogP contribution in [-0.4, -0.2) is 35.8 Å². The minimum atomic E-state index is -1.26. The van der Waals surface area contributed by atoms with Crippen molar-refractivity contribution in [3.05, 3.63) is 112 Å². The molecule has 0 atom stereocenters. The van der Waals surface area contributed by atoms with Crippen molar-refractivity contribution < 1.29 is 29.0 Å². The molecular formula is C33H31NO6. The molecule has 0 fully saturated rings. The van der Waals surface area contributed by atoms with Crippen molar-refractivity contribution in [1.82, 2.24) is 5.32 Å². The molecule has 0 aliphatic rings. The van der Waals surface area contributed by atoms with Gasteiger partial charge in [-0.15, -0.1) is 0 Å².